The number of hydrogen-bond donors (Lipinski definition) is 2. The van der Waals surface area contributed by atoms with E-state index in [-0.39, 0.29) is 23.9 Å². The topological polar surface area (TPSA) is 69.6 Å². The molecule has 138 valence electrons. The summed E-state index contributed by atoms with van der Waals surface area (Å²) in [6, 6.07) is 13.8. The molecule has 1 saturated heterocycles. The van der Waals surface area contributed by atoms with Gasteiger partial charge in [0.25, 0.3) is 0 Å². The van der Waals surface area contributed by atoms with Crippen molar-refractivity contribution in [2.24, 2.45) is 11.8 Å². The molecule has 2 N–H and O–H groups in total. The molecule has 2 aromatic carbocycles. The number of likely N-dealkylation sites (tertiary alicyclic amines) is 1. The number of nitrogens with one attached hydrogen (secondary N) is 1. The van der Waals surface area contributed by atoms with E-state index in [1.807, 2.05) is 49.9 Å². The van der Waals surface area contributed by atoms with Crippen molar-refractivity contribution in [2.75, 3.05) is 13.1 Å². The lowest BCUT2D eigenvalue weighted by molar-refractivity contribution is -0.142. The lowest BCUT2D eigenvalue weighted by Crippen LogP contribution is -2.45. The Morgan fingerprint density at radius 2 is 1.81 bits per heavy atom. The molecule has 0 aromatic heterocycles. The zero-order valence-corrected chi connectivity index (χ0v) is 15.5. The van der Waals surface area contributed by atoms with E-state index in [0.717, 1.165) is 16.3 Å². The third-order valence-corrected chi connectivity index (χ3v) is 5.53. The van der Waals surface area contributed by atoms with E-state index in [4.69, 9.17) is 0 Å². The average molecular weight is 354 g/mol. The molecule has 1 heterocycles. The first-order valence-electron chi connectivity index (χ1n) is 9.13. The number of carbonyl (C=O) groups is 2. The first kappa shape index (κ1) is 18.4. The SMILES string of the molecule is CC(NC(=O)C(C)N1C[C@@H](C)[C@H](C(=O)O)C1)c1cccc2ccccc12. The number of carbonyl (C=O) groups excluding carboxylic acids is 1. The molecule has 2 unspecified atom stereocenters. The molecule has 3 rings (SSSR count). The number of aliphatic carboxylic acids is 1. The Hall–Kier alpha value is -2.40. The lowest BCUT2D eigenvalue weighted by atomic mass is 9.99. The van der Waals surface area contributed by atoms with Gasteiger partial charge >= 0.3 is 5.97 Å². The summed E-state index contributed by atoms with van der Waals surface area (Å²) in [5, 5.41) is 14.7. The highest BCUT2D eigenvalue weighted by atomic mass is 16.4. The second-order valence-corrected chi connectivity index (χ2v) is 7.35. The molecule has 1 aliphatic rings. The molecule has 0 saturated carbocycles. The van der Waals surface area contributed by atoms with Crippen LogP contribution in [0, 0.1) is 11.8 Å². The average Bonchev–Trinajstić information content (AvgIpc) is 3.02. The molecular weight excluding hydrogens is 328 g/mol. The normalized spacial score (nSPS) is 22.9. The lowest BCUT2D eigenvalue weighted by Gasteiger charge is -2.25. The fraction of sp³-hybridized carbons (Fsp3) is 0.429. The van der Waals surface area contributed by atoms with Gasteiger partial charge in [0.05, 0.1) is 18.0 Å². The minimum Gasteiger partial charge on any atom is -0.481 e. The molecule has 1 amide bonds. The standard InChI is InChI=1S/C21H26N2O3/c1-13-11-23(12-19(13)21(25)26)15(3)20(24)22-14(2)17-10-6-8-16-7-4-5-9-18(16)17/h4-10,13-15,19H,11-12H2,1-3H3,(H,22,24)(H,25,26)/t13-,14?,15?,19-/m1/s1. The van der Waals surface area contributed by atoms with Crippen LogP contribution in [0.4, 0.5) is 0 Å². The monoisotopic (exact) mass is 354 g/mol. The van der Waals surface area contributed by atoms with Crippen molar-refractivity contribution < 1.29 is 14.7 Å². The summed E-state index contributed by atoms with van der Waals surface area (Å²) in [5.74, 6) is -1.20. The Kier molecular flexibility index (Phi) is 5.28. The van der Waals surface area contributed by atoms with E-state index in [0.29, 0.717) is 13.1 Å². The summed E-state index contributed by atoms with van der Waals surface area (Å²) in [5.41, 5.74) is 1.09. The number of carboxylic acid groups (broad SMARTS) is 1. The predicted octanol–water partition coefficient (Wildman–Crippen LogP) is 3.06. The Bertz CT molecular complexity index is 815. The number of benzene rings is 2. The van der Waals surface area contributed by atoms with Crippen LogP contribution in [0.2, 0.25) is 0 Å². The van der Waals surface area contributed by atoms with Crippen molar-refractivity contribution in [3.8, 4) is 0 Å². The van der Waals surface area contributed by atoms with E-state index < -0.39 is 11.9 Å². The maximum absolute atomic E-state index is 12.7. The summed E-state index contributed by atoms with van der Waals surface area (Å²) in [6.45, 7) is 6.82. The van der Waals surface area contributed by atoms with Crippen LogP contribution >= 0.6 is 0 Å². The van der Waals surface area contributed by atoms with Gasteiger partial charge in [0.1, 0.15) is 0 Å². The van der Waals surface area contributed by atoms with Crippen molar-refractivity contribution in [3.05, 3.63) is 48.0 Å². The van der Waals surface area contributed by atoms with Crippen molar-refractivity contribution in [1.29, 1.82) is 0 Å². The molecule has 0 spiro atoms. The first-order valence-corrected chi connectivity index (χ1v) is 9.13. The fourth-order valence-electron chi connectivity index (χ4n) is 3.85. The first-order chi connectivity index (χ1) is 12.4. The van der Waals surface area contributed by atoms with E-state index in [1.54, 1.807) is 0 Å². The third kappa shape index (κ3) is 3.58. The van der Waals surface area contributed by atoms with Gasteiger partial charge in [-0.2, -0.15) is 0 Å². The van der Waals surface area contributed by atoms with Gasteiger partial charge in [-0.25, -0.2) is 0 Å². The van der Waals surface area contributed by atoms with Crippen LogP contribution in [0.15, 0.2) is 42.5 Å². The van der Waals surface area contributed by atoms with Crippen LogP contribution in [0.25, 0.3) is 10.8 Å². The minimum atomic E-state index is -0.781. The maximum Gasteiger partial charge on any atom is 0.308 e. The summed E-state index contributed by atoms with van der Waals surface area (Å²) >= 11 is 0. The van der Waals surface area contributed by atoms with Crippen molar-refractivity contribution in [1.82, 2.24) is 10.2 Å². The molecule has 0 aliphatic carbocycles. The number of hydrogen-bond acceptors (Lipinski definition) is 3. The molecular formula is C21H26N2O3. The van der Waals surface area contributed by atoms with Gasteiger partial charge in [0.2, 0.25) is 5.91 Å². The maximum atomic E-state index is 12.7. The van der Waals surface area contributed by atoms with Gasteiger partial charge in [-0.3, -0.25) is 14.5 Å². The summed E-state index contributed by atoms with van der Waals surface area (Å²) < 4.78 is 0. The van der Waals surface area contributed by atoms with Gasteiger partial charge in [0.15, 0.2) is 0 Å². The predicted molar refractivity (Wildman–Crippen MR) is 102 cm³/mol. The highest BCUT2D eigenvalue weighted by Gasteiger charge is 2.38. The van der Waals surface area contributed by atoms with Crippen LogP contribution < -0.4 is 5.32 Å². The quantitative estimate of drug-likeness (QED) is 0.866. The molecule has 4 atom stereocenters. The van der Waals surface area contributed by atoms with Crippen LogP contribution in [-0.4, -0.2) is 41.0 Å². The summed E-state index contributed by atoms with van der Waals surface area (Å²) in [6.07, 6.45) is 0. The smallest absolute Gasteiger partial charge is 0.308 e. The Morgan fingerprint density at radius 3 is 2.50 bits per heavy atom. The van der Waals surface area contributed by atoms with Crippen LogP contribution in [0.3, 0.4) is 0 Å². The third-order valence-electron chi connectivity index (χ3n) is 5.53. The van der Waals surface area contributed by atoms with Gasteiger partial charge in [-0.15, -0.1) is 0 Å². The van der Waals surface area contributed by atoms with E-state index in [1.165, 1.54) is 0 Å². The van der Waals surface area contributed by atoms with E-state index >= 15 is 0 Å². The largest absolute Gasteiger partial charge is 0.481 e. The van der Waals surface area contributed by atoms with Gasteiger partial charge in [-0.05, 0) is 36.1 Å². The number of carboxylic acids is 1. The van der Waals surface area contributed by atoms with Gasteiger partial charge < -0.3 is 10.4 Å². The number of fused-ring (bicyclic) bond motifs is 1. The van der Waals surface area contributed by atoms with E-state index in [2.05, 4.69) is 23.5 Å². The number of nitrogens with zero attached hydrogens (tertiary/aromatic N) is 1. The highest BCUT2D eigenvalue weighted by Crippen LogP contribution is 2.26. The van der Waals surface area contributed by atoms with Crippen molar-refractivity contribution in [3.63, 3.8) is 0 Å². The summed E-state index contributed by atoms with van der Waals surface area (Å²) in [4.78, 5) is 26.0. The Morgan fingerprint density at radius 1 is 1.12 bits per heavy atom. The van der Waals surface area contributed by atoms with Crippen molar-refractivity contribution >= 4 is 22.6 Å². The summed E-state index contributed by atoms with van der Waals surface area (Å²) in [7, 11) is 0. The van der Waals surface area contributed by atoms with Crippen LogP contribution in [0.5, 0.6) is 0 Å². The molecule has 26 heavy (non-hydrogen) atoms. The number of rotatable bonds is 5. The number of amides is 1. The van der Waals surface area contributed by atoms with Crippen molar-refractivity contribution in [2.45, 2.75) is 32.9 Å². The molecule has 0 radical (unpaired) electrons. The fourth-order valence-corrected chi connectivity index (χ4v) is 3.85. The molecule has 0 bridgehead atoms. The zero-order valence-electron chi connectivity index (χ0n) is 15.5. The zero-order chi connectivity index (χ0) is 18.8. The minimum absolute atomic E-state index is 0.0539. The second-order valence-electron chi connectivity index (χ2n) is 7.35. The molecule has 1 fully saturated rings. The molecule has 2 aromatic rings. The van der Waals surface area contributed by atoms with E-state index in [9.17, 15) is 14.7 Å². The Labute approximate surface area is 154 Å². The van der Waals surface area contributed by atoms with Gasteiger partial charge in [-0.1, -0.05) is 49.4 Å². The molecule has 5 heteroatoms. The second kappa shape index (κ2) is 7.46. The highest BCUT2D eigenvalue weighted by molar-refractivity contribution is 5.87. The molecule has 1 aliphatic heterocycles. The molecule has 5 nitrogen and oxygen atoms in total. The van der Waals surface area contributed by atoms with Crippen LogP contribution in [0.1, 0.15) is 32.4 Å². The van der Waals surface area contributed by atoms with Crippen LogP contribution in [-0.2, 0) is 9.59 Å². The Balaban J connectivity index is 1.70. The van der Waals surface area contributed by atoms with Gasteiger partial charge in [0, 0.05) is 13.1 Å².